The van der Waals surface area contributed by atoms with Crippen molar-refractivity contribution in [1.29, 1.82) is 0 Å². The highest BCUT2D eigenvalue weighted by atomic mass is 16.5. The Hall–Kier alpha value is -3.81. The van der Waals surface area contributed by atoms with Gasteiger partial charge in [-0.25, -0.2) is 4.98 Å². The molecule has 8 nitrogen and oxygen atoms in total. The summed E-state index contributed by atoms with van der Waals surface area (Å²) >= 11 is 0. The number of carbonyl (C=O) groups excluding carboxylic acids is 1. The maximum atomic E-state index is 13.2. The van der Waals surface area contributed by atoms with Crippen molar-refractivity contribution in [2.24, 2.45) is 0 Å². The lowest BCUT2D eigenvalue weighted by molar-refractivity contribution is 0.0952. The predicted octanol–water partition coefficient (Wildman–Crippen LogP) is 4.44. The zero-order chi connectivity index (χ0) is 22.2. The number of aromatic nitrogens is 2. The van der Waals surface area contributed by atoms with E-state index in [1.54, 1.807) is 31.4 Å². The molecular formula is C24H23N3O5. The number of benzene rings is 1. The number of nitrogens with one attached hydrogen (secondary N) is 1. The molecule has 4 heterocycles. The molecule has 3 aromatic heterocycles. The molecule has 0 aliphatic carbocycles. The van der Waals surface area contributed by atoms with Crippen LogP contribution in [-0.4, -0.2) is 28.8 Å². The maximum Gasteiger partial charge on any atom is 0.259 e. The summed E-state index contributed by atoms with van der Waals surface area (Å²) in [5.74, 6) is 1.86. The Bertz CT molecular complexity index is 1290. The number of pyridine rings is 1. The molecule has 8 heteroatoms. The van der Waals surface area contributed by atoms with Crippen molar-refractivity contribution in [3.63, 3.8) is 0 Å². The minimum Gasteiger partial charge on any atom is -0.494 e. The van der Waals surface area contributed by atoms with Crippen molar-refractivity contribution in [2.75, 3.05) is 6.61 Å². The molecule has 1 atom stereocenters. The minimum atomic E-state index is -0.270. The van der Waals surface area contributed by atoms with Crippen molar-refractivity contribution >= 4 is 17.0 Å². The molecule has 4 aromatic rings. The van der Waals surface area contributed by atoms with E-state index < -0.39 is 0 Å². The Kier molecular flexibility index (Phi) is 5.05. The number of nitrogens with zero attached hydrogens (tertiary/aromatic N) is 2. The Labute approximate surface area is 184 Å². The second-order valence-corrected chi connectivity index (χ2v) is 7.80. The molecule has 1 aromatic carbocycles. The highest BCUT2D eigenvalue weighted by Gasteiger charge is 2.23. The Morgan fingerprint density at radius 3 is 2.97 bits per heavy atom. The summed E-state index contributed by atoms with van der Waals surface area (Å²) in [6.07, 6.45) is 2.53. The van der Waals surface area contributed by atoms with Gasteiger partial charge in [-0.3, -0.25) is 4.79 Å². The van der Waals surface area contributed by atoms with Crippen LogP contribution >= 0.6 is 0 Å². The second kappa shape index (κ2) is 8.03. The van der Waals surface area contributed by atoms with Crippen molar-refractivity contribution in [3.05, 3.63) is 59.0 Å². The van der Waals surface area contributed by atoms with Gasteiger partial charge < -0.3 is 23.7 Å². The zero-order valence-electron chi connectivity index (χ0n) is 18.1. The zero-order valence-corrected chi connectivity index (χ0v) is 18.1. The first-order valence-corrected chi connectivity index (χ1v) is 10.6. The number of furan rings is 1. The van der Waals surface area contributed by atoms with Gasteiger partial charge in [0.25, 0.3) is 11.6 Å². The molecule has 1 aliphatic rings. The predicted molar refractivity (Wildman–Crippen MR) is 117 cm³/mol. The van der Waals surface area contributed by atoms with E-state index in [2.05, 4.69) is 15.5 Å². The lowest BCUT2D eigenvalue weighted by atomic mass is 10.1. The third kappa shape index (κ3) is 3.57. The van der Waals surface area contributed by atoms with Gasteiger partial charge in [-0.1, -0.05) is 5.16 Å². The first kappa shape index (κ1) is 20.1. The van der Waals surface area contributed by atoms with Crippen LogP contribution in [0.15, 0.2) is 45.5 Å². The van der Waals surface area contributed by atoms with Gasteiger partial charge in [0.1, 0.15) is 23.3 Å². The van der Waals surface area contributed by atoms with E-state index in [9.17, 15) is 4.79 Å². The van der Waals surface area contributed by atoms with Crippen molar-refractivity contribution < 1.29 is 23.2 Å². The van der Waals surface area contributed by atoms with Crippen LogP contribution in [0.25, 0.3) is 22.6 Å². The number of ether oxygens (including phenoxy) is 2. The lowest BCUT2D eigenvalue weighted by Crippen LogP contribution is -2.23. The van der Waals surface area contributed by atoms with Gasteiger partial charge in [-0.15, -0.1) is 0 Å². The average molecular weight is 433 g/mol. The molecule has 0 bridgehead atoms. The van der Waals surface area contributed by atoms with Gasteiger partial charge in [-0.05, 0) is 51.1 Å². The van der Waals surface area contributed by atoms with Crippen LogP contribution in [0.5, 0.6) is 11.5 Å². The SMILES string of the molecule is CCOc1cc2c(cc1CNC(=O)c1cc(-c3ccco3)nc3onc(C)c13)OC(C)C2. The molecule has 0 saturated heterocycles. The number of hydrogen-bond acceptors (Lipinski definition) is 7. The number of amides is 1. The lowest BCUT2D eigenvalue weighted by Gasteiger charge is -2.14. The molecule has 1 amide bonds. The smallest absolute Gasteiger partial charge is 0.259 e. The third-order valence-corrected chi connectivity index (χ3v) is 5.45. The van der Waals surface area contributed by atoms with Gasteiger partial charge in [0.2, 0.25) is 0 Å². The van der Waals surface area contributed by atoms with E-state index in [0.29, 0.717) is 34.7 Å². The van der Waals surface area contributed by atoms with Crippen LogP contribution in [0.1, 0.15) is 41.0 Å². The average Bonchev–Trinajstić information content (AvgIpc) is 3.51. The van der Waals surface area contributed by atoms with Crippen LogP contribution in [0, 0.1) is 6.92 Å². The van der Waals surface area contributed by atoms with Gasteiger partial charge in [0.05, 0.1) is 29.5 Å². The van der Waals surface area contributed by atoms with Crippen molar-refractivity contribution in [3.8, 4) is 23.0 Å². The van der Waals surface area contributed by atoms with E-state index in [1.165, 1.54) is 0 Å². The fourth-order valence-corrected chi connectivity index (χ4v) is 4.00. The molecule has 0 radical (unpaired) electrons. The minimum absolute atomic E-state index is 0.131. The first-order chi connectivity index (χ1) is 15.5. The Morgan fingerprint density at radius 2 is 2.19 bits per heavy atom. The summed E-state index contributed by atoms with van der Waals surface area (Å²) in [7, 11) is 0. The number of aryl methyl sites for hydroxylation is 1. The second-order valence-electron chi connectivity index (χ2n) is 7.80. The number of carbonyl (C=O) groups is 1. The molecule has 0 spiro atoms. The topological polar surface area (TPSA) is 99.6 Å². The molecular weight excluding hydrogens is 410 g/mol. The summed E-state index contributed by atoms with van der Waals surface area (Å²) in [6.45, 7) is 6.57. The monoisotopic (exact) mass is 433 g/mol. The first-order valence-electron chi connectivity index (χ1n) is 10.6. The van der Waals surface area contributed by atoms with Gasteiger partial charge >= 0.3 is 0 Å². The molecule has 1 N–H and O–H groups in total. The van der Waals surface area contributed by atoms with Crippen LogP contribution in [-0.2, 0) is 13.0 Å². The summed E-state index contributed by atoms with van der Waals surface area (Å²) in [6, 6.07) is 9.19. The summed E-state index contributed by atoms with van der Waals surface area (Å²) in [4.78, 5) is 17.7. The Morgan fingerprint density at radius 1 is 1.31 bits per heavy atom. The fourth-order valence-electron chi connectivity index (χ4n) is 4.00. The van der Waals surface area contributed by atoms with Crippen LogP contribution in [0.3, 0.4) is 0 Å². The third-order valence-electron chi connectivity index (χ3n) is 5.45. The van der Waals surface area contributed by atoms with E-state index in [4.69, 9.17) is 18.4 Å². The van der Waals surface area contributed by atoms with E-state index in [0.717, 1.165) is 29.0 Å². The highest BCUT2D eigenvalue weighted by Crippen LogP contribution is 2.35. The normalized spacial score (nSPS) is 14.9. The summed E-state index contributed by atoms with van der Waals surface area (Å²) in [5, 5.41) is 7.55. The van der Waals surface area contributed by atoms with Crippen LogP contribution in [0.2, 0.25) is 0 Å². The van der Waals surface area contributed by atoms with Gasteiger partial charge in [0, 0.05) is 24.1 Å². The molecule has 1 aliphatic heterocycles. The quantitative estimate of drug-likeness (QED) is 0.480. The molecule has 1 unspecified atom stereocenters. The Balaban J connectivity index is 1.46. The number of hydrogen-bond donors (Lipinski definition) is 1. The maximum absolute atomic E-state index is 13.2. The summed E-state index contributed by atoms with van der Waals surface area (Å²) < 4.78 is 22.5. The molecule has 0 saturated carbocycles. The van der Waals surface area contributed by atoms with E-state index in [-0.39, 0.29) is 24.3 Å². The van der Waals surface area contributed by atoms with Crippen molar-refractivity contribution in [1.82, 2.24) is 15.5 Å². The van der Waals surface area contributed by atoms with Crippen LogP contribution < -0.4 is 14.8 Å². The standard InChI is InChI=1S/C24H23N3O5/c1-4-29-20-9-15-8-13(2)31-21(15)10-16(20)12-25-23(28)17-11-18(19-6-5-7-30-19)26-24-22(17)14(3)27-32-24/h5-7,9-11,13H,4,8,12H2,1-3H3,(H,25,28). The molecule has 0 fully saturated rings. The molecule has 5 rings (SSSR count). The number of fused-ring (bicyclic) bond motifs is 2. The van der Waals surface area contributed by atoms with Crippen LogP contribution in [0.4, 0.5) is 0 Å². The molecule has 32 heavy (non-hydrogen) atoms. The highest BCUT2D eigenvalue weighted by molar-refractivity contribution is 6.06. The van der Waals surface area contributed by atoms with E-state index in [1.807, 2.05) is 26.0 Å². The summed E-state index contributed by atoms with van der Waals surface area (Å²) in [5.41, 5.74) is 3.78. The van der Waals surface area contributed by atoms with Crippen molar-refractivity contribution in [2.45, 2.75) is 39.8 Å². The fraction of sp³-hybridized carbons (Fsp3) is 0.292. The largest absolute Gasteiger partial charge is 0.494 e. The molecule has 164 valence electrons. The van der Waals surface area contributed by atoms with Gasteiger partial charge in [0.15, 0.2) is 5.76 Å². The number of rotatable bonds is 6. The van der Waals surface area contributed by atoms with E-state index >= 15 is 0 Å². The van der Waals surface area contributed by atoms with Gasteiger partial charge in [-0.2, -0.15) is 0 Å².